The van der Waals surface area contributed by atoms with Crippen molar-refractivity contribution >= 4 is 34.4 Å². The summed E-state index contributed by atoms with van der Waals surface area (Å²) < 4.78 is 5.34. The number of thioether (sulfide) groups is 1. The summed E-state index contributed by atoms with van der Waals surface area (Å²) in [5.74, 6) is 0.514. The molecule has 0 spiro atoms. The van der Waals surface area contributed by atoms with Crippen LogP contribution in [0.5, 0.6) is 0 Å². The molecule has 1 aromatic rings. The van der Waals surface area contributed by atoms with E-state index in [9.17, 15) is 9.59 Å². The van der Waals surface area contributed by atoms with Crippen molar-refractivity contribution in [3.63, 3.8) is 0 Å². The molecule has 7 heteroatoms. The molecule has 0 aromatic heterocycles. The Labute approximate surface area is 132 Å². The molecule has 3 rings (SSSR count). The van der Waals surface area contributed by atoms with Crippen LogP contribution in [-0.4, -0.2) is 42.0 Å². The Morgan fingerprint density at radius 2 is 2.23 bits per heavy atom. The minimum atomic E-state index is -0.387. The van der Waals surface area contributed by atoms with Gasteiger partial charge in [-0.2, -0.15) is 0 Å². The lowest BCUT2D eigenvalue weighted by Crippen LogP contribution is -2.28. The number of carbonyl (C=O) groups excluding carboxylic acids is 2. The van der Waals surface area contributed by atoms with Crippen LogP contribution in [0.15, 0.2) is 29.3 Å². The predicted octanol–water partition coefficient (Wildman–Crippen LogP) is 1.64. The highest BCUT2D eigenvalue weighted by molar-refractivity contribution is 8.14. The fourth-order valence-corrected chi connectivity index (χ4v) is 3.05. The maximum atomic E-state index is 12.2. The zero-order valence-electron chi connectivity index (χ0n) is 12.0. The average molecular weight is 319 g/mol. The number of hydrogen-bond donors (Lipinski definition) is 2. The molecule has 22 heavy (non-hydrogen) atoms. The normalized spacial score (nSPS) is 20.5. The third-order valence-corrected chi connectivity index (χ3v) is 4.31. The van der Waals surface area contributed by atoms with Gasteiger partial charge >= 0.3 is 0 Å². The molecule has 0 bridgehead atoms. The van der Waals surface area contributed by atoms with Crippen LogP contribution < -0.4 is 10.6 Å². The van der Waals surface area contributed by atoms with E-state index in [0.29, 0.717) is 23.0 Å². The number of aliphatic imine (C=N–C) groups is 1. The van der Waals surface area contributed by atoms with Crippen LogP contribution >= 0.6 is 11.8 Å². The van der Waals surface area contributed by atoms with Crippen LogP contribution in [-0.2, 0) is 9.53 Å². The number of nitrogens with one attached hydrogen (secondary N) is 2. The van der Waals surface area contributed by atoms with E-state index in [4.69, 9.17) is 4.74 Å². The Balaban J connectivity index is 1.63. The average Bonchev–Trinajstić information content (AvgIpc) is 3.21. The molecule has 2 aliphatic rings. The summed E-state index contributed by atoms with van der Waals surface area (Å²) in [6, 6.07) is 6.86. The van der Waals surface area contributed by atoms with Crippen LogP contribution in [0, 0.1) is 0 Å². The summed E-state index contributed by atoms with van der Waals surface area (Å²) in [5.41, 5.74) is 1.08. The van der Waals surface area contributed by atoms with E-state index in [1.807, 2.05) is 0 Å². The van der Waals surface area contributed by atoms with Gasteiger partial charge in [-0.05, 0) is 31.0 Å². The fourth-order valence-electron chi connectivity index (χ4n) is 2.33. The SMILES string of the molecule is O=C(NC1=NCCS1)c1cccc(NC(=O)[C@@H]2CCCO2)c1. The predicted molar refractivity (Wildman–Crippen MR) is 86.3 cm³/mol. The highest BCUT2D eigenvalue weighted by Gasteiger charge is 2.23. The van der Waals surface area contributed by atoms with Crippen molar-refractivity contribution in [2.45, 2.75) is 18.9 Å². The number of nitrogens with zero attached hydrogens (tertiary/aromatic N) is 1. The number of ether oxygens (including phenoxy) is 1. The van der Waals surface area contributed by atoms with Crippen LogP contribution in [0.4, 0.5) is 5.69 Å². The Morgan fingerprint density at radius 3 is 2.95 bits per heavy atom. The molecular formula is C15H17N3O3S. The van der Waals surface area contributed by atoms with Gasteiger partial charge in [0.2, 0.25) is 0 Å². The number of benzene rings is 1. The van der Waals surface area contributed by atoms with E-state index in [0.717, 1.165) is 25.1 Å². The molecule has 116 valence electrons. The summed E-state index contributed by atoms with van der Waals surface area (Å²) >= 11 is 1.53. The monoisotopic (exact) mass is 319 g/mol. The summed E-state index contributed by atoms with van der Waals surface area (Å²) in [6.07, 6.45) is 1.25. The molecule has 2 N–H and O–H groups in total. The van der Waals surface area contributed by atoms with E-state index in [1.54, 1.807) is 24.3 Å². The zero-order chi connectivity index (χ0) is 15.4. The van der Waals surface area contributed by atoms with Gasteiger partial charge in [-0.1, -0.05) is 17.8 Å². The third-order valence-electron chi connectivity index (χ3n) is 3.42. The Bertz CT molecular complexity index is 612. The second kappa shape index (κ2) is 6.93. The molecular weight excluding hydrogens is 302 g/mol. The van der Waals surface area contributed by atoms with E-state index < -0.39 is 0 Å². The number of anilines is 1. The summed E-state index contributed by atoms with van der Waals surface area (Å²) in [7, 11) is 0. The first-order valence-corrected chi connectivity index (χ1v) is 8.22. The van der Waals surface area contributed by atoms with Gasteiger partial charge in [-0.15, -0.1) is 0 Å². The number of rotatable bonds is 3. The van der Waals surface area contributed by atoms with Gasteiger partial charge in [-0.25, -0.2) is 0 Å². The molecule has 0 unspecified atom stereocenters. The van der Waals surface area contributed by atoms with Crippen molar-refractivity contribution in [3.8, 4) is 0 Å². The molecule has 0 aliphatic carbocycles. The van der Waals surface area contributed by atoms with Crippen molar-refractivity contribution in [2.75, 3.05) is 24.2 Å². The first-order chi connectivity index (χ1) is 10.7. The lowest BCUT2D eigenvalue weighted by molar-refractivity contribution is -0.124. The van der Waals surface area contributed by atoms with Crippen molar-refractivity contribution < 1.29 is 14.3 Å². The number of hydrogen-bond acceptors (Lipinski definition) is 5. The van der Waals surface area contributed by atoms with Crippen molar-refractivity contribution in [2.24, 2.45) is 4.99 Å². The maximum Gasteiger partial charge on any atom is 0.257 e. The van der Waals surface area contributed by atoms with Crippen LogP contribution in [0.3, 0.4) is 0 Å². The molecule has 1 atom stereocenters. The van der Waals surface area contributed by atoms with Crippen LogP contribution in [0.2, 0.25) is 0 Å². The van der Waals surface area contributed by atoms with Crippen LogP contribution in [0.1, 0.15) is 23.2 Å². The fraction of sp³-hybridized carbons (Fsp3) is 0.400. The van der Waals surface area contributed by atoms with Gasteiger partial charge in [0.25, 0.3) is 11.8 Å². The maximum absolute atomic E-state index is 12.2. The Kier molecular flexibility index (Phi) is 4.74. The molecule has 2 heterocycles. The molecule has 6 nitrogen and oxygen atoms in total. The summed E-state index contributed by atoms with van der Waals surface area (Å²) in [5, 5.41) is 6.21. The molecule has 0 saturated carbocycles. The second-order valence-corrected chi connectivity index (χ2v) is 6.14. The second-order valence-electron chi connectivity index (χ2n) is 5.06. The van der Waals surface area contributed by atoms with Gasteiger partial charge in [0.05, 0.1) is 6.54 Å². The van der Waals surface area contributed by atoms with E-state index in [2.05, 4.69) is 15.6 Å². The van der Waals surface area contributed by atoms with Gasteiger partial charge < -0.3 is 15.4 Å². The first kappa shape index (κ1) is 15.1. The third kappa shape index (κ3) is 3.66. The van der Waals surface area contributed by atoms with Crippen molar-refractivity contribution in [3.05, 3.63) is 29.8 Å². The van der Waals surface area contributed by atoms with Crippen molar-refractivity contribution in [1.29, 1.82) is 0 Å². The minimum absolute atomic E-state index is 0.161. The number of amides is 2. The smallest absolute Gasteiger partial charge is 0.257 e. The van der Waals surface area contributed by atoms with E-state index >= 15 is 0 Å². The zero-order valence-corrected chi connectivity index (χ0v) is 12.8. The minimum Gasteiger partial charge on any atom is -0.368 e. The Hall–Kier alpha value is -1.86. The van der Waals surface area contributed by atoms with E-state index in [-0.39, 0.29) is 17.9 Å². The summed E-state index contributed by atoms with van der Waals surface area (Å²) in [4.78, 5) is 28.4. The lowest BCUT2D eigenvalue weighted by atomic mass is 10.1. The van der Waals surface area contributed by atoms with Gasteiger partial charge in [-0.3, -0.25) is 14.6 Å². The van der Waals surface area contributed by atoms with Gasteiger partial charge in [0, 0.05) is 23.6 Å². The number of carbonyl (C=O) groups is 2. The Morgan fingerprint density at radius 1 is 1.32 bits per heavy atom. The molecule has 1 aromatic carbocycles. The van der Waals surface area contributed by atoms with Crippen LogP contribution in [0.25, 0.3) is 0 Å². The van der Waals surface area contributed by atoms with Gasteiger partial charge in [0.15, 0.2) is 5.17 Å². The quantitative estimate of drug-likeness (QED) is 0.887. The molecule has 1 fully saturated rings. The highest BCUT2D eigenvalue weighted by atomic mass is 32.2. The lowest BCUT2D eigenvalue weighted by Gasteiger charge is -2.11. The molecule has 2 amide bonds. The standard InChI is InChI=1S/C15H17N3O3S/c19-13(18-15-16-6-8-22-15)10-3-1-4-11(9-10)17-14(20)12-5-2-7-21-12/h1,3-4,9,12H,2,5-8H2,(H,17,20)(H,16,18,19)/t12-/m0/s1. The summed E-state index contributed by atoms with van der Waals surface area (Å²) in [6.45, 7) is 1.36. The van der Waals surface area contributed by atoms with Crippen molar-refractivity contribution in [1.82, 2.24) is 5.32 Å². The topological polar surface area (TPSA) is 79.8 Å². The molecule has 1 saturated heterocycles. The largest absolute Gasteiger partial charge is 0.368 e. The molecule has 0 radical (unpaired) electrons. The van der Waals surface area contributed by atoms with Gasteiger partial charge in [0.1, 0.15) is 6.10 Å². The highest BCUT2D eigenvalue weighted by Crippen LogP contribution is 2.17. The molecule has 2 aliphatic heterocycles. The number of amidine groups is 1. The van der Waals surface area contributed by atoms with E-state index in [1.165, 1.54) is 11.8 Å². The first-order valence-electron chi connectivity index (χ1n) is 7.23.